The number of rotatable bonds is 7. The highest BCUT2D eigenvalue weighted by atomic mass is 16.2. The minimum Gasteiger partial charge on any atom is -0.376 e. The van der Waals surface area contributed by atoms with Gasteiger partial charge in [0.1, 0.15) is 0 Å². The van der Waals surface area contributed by atoms with Crippen molar-refractivity contribution in [1.82, 2.24) is 25.5 Å². The van der Waals surface area contributed by atoms with Crippen molar-refractivity contribution in [2.45, 2.75) is 25.8 Å². The van der Waals surface area contributed by atoms with E-state index in [0.29, 0.717) is 17.1 Å². The molecule has 0 unspecified atom stereocenters. The predicted octanol–water partition coefficient (Wildman–Crippen LogP) is 1.91. The molecular weight excluding hydrogens is 370 g/mol. The van der Waals surface area contributed by atoms with Crippen LogP contribution >= 0.6 is 0 Å². The summed E-state index contributed by atoms with van der Waals surface area (Å²) in [7, 11) is 0. The number of carbonyl (C=O) groups is 2. The molecule has 1 fully saturated rings. The first-order valence-electron chi connectivity index (χ1n) is 9.39. The molecule has 1 saturated carbocycles. The van der Waals surface area contributed by atoms with Crippen LogP contribution in [0.1, 0.15) is 29.0 Å². The van der Waals surface area contributed by atoms with Crippen LogP contribution in [0.3, 0.4) is 0 Å². The summed E-state index contributed by atoms with van der Waals surface area (Å²) in [4.78, 5) is 24.8. The Labute approximate surface area is 167 Å². The number of hydrogen-bond acceptors (Lipinski definition) is 6. The molecule has 148 valence electrons. The first-order chi connectivity index (χ1) is 14.1. The number of benzene rings is 2. The topological polar surface area (TPSA) is 114 Å². The van der Waals surface area contributed by atoms with Gasteiger partial charge in [0.25, 0.3) is 5.91 Å². The molecule has 0 spiro atoms. The molecule has 0 radical (unpaired) electrons. The van der Waals surface area contributed by atoms with Crippen LogP contribution in [-0.2, 0) is 4.79 Å². The SMILES string of the molecule is Cc1nnnn1-c1cccc(NCC(=O)Nc2ccccc2C(=O)NC2CC2)c1. The zero-order valence-electron chi connectivity index (χ0n) is 15.9. The van der Waals surface area contributed by atoms with E-state index in [4.69, 9.17) is 0 Å². The molecule has 3 aromatic rings. The van der Waals surface area contributed by atoms with Crippen molar-refractivity contribution in [3.63, 3.8) is 0 Å². The van der Waals surface area contributed by atoms with E-state index in [1.807, 2.05) is 31.2 Å². The van der Waals surface area contributed by atoms with E-state index in [9.17, 15) is 9.59 Å². The van der Waals surface area contributed by atoms with Gasteiger partial charge in [-0.1, -0.05) is 18.2 Å². The average Bonchev–Trinajstić information content (AvgIpc) is 3.44. The second-order valence-corrected chi connectivity index (χ2v) is 6.88. The van der Waals surface area contributed by atoms with E-state index in [-0.39, 0.29) is 24.4 Å². The van der Waals surface area contributed by atoms with Crippen LogP contribution in [0.15, 0.2) is 48.5 Å². The van der Waals surface area contributed by atoms with Gasteiger partial charge in [-0.15, -0.1) is 5.10 Å². The number of hydrogen-bond donors (Lipinski definition) is 3. The Morgan fingerprint density at radius 2 is 1.97 bits per heavy atom. The summed E-state index contributed by atoms with van der Waals surface area (Å²) < 4.78 is 1.61. The molecule has 1 heterocycles. The van der Waals surface area contributed by atoms with E-state index in [0.717, 1.165) is 24.2 Å². The molecule has 1 aliphatic carbocycles. The number of amides is 2. The first-order valence-corrected chi connectivity index (χ1v) is 9.39. The first kappa shape index (κ1) is 18.6. The number of nitrogens with one attached hydrogen (secondary N) is 3. The predicted molar refractivity (Wildman–Crippen MR) is 108 cm³/mol. The van der Waals surface area contributed by atoms with Gasteiger partial charge in [-0.3, -0.25) is 9.59 Å². The van der Waals surface area contributed by atoms with Gasteiger partial charge >= 0.3 is 0 Å². The molecule has 3 N–H and O–H groups in total. The molecule has 2 amide bonds. The maximum absolute atomic E-state index is 12.4. The fraction of sp³-hybridized carbons (Fsp3) is 0.250. The maximum atomic E-state index is 12.4. The molecule has 0 saturated heterocycles. The number of tetrazole rings is 1. The van der Waals surface area contributed by atoms with Gasteiger partial charge in [-0.25, -0.2) is 0 Å². The zero-order valence-corrected chi connectivity index (χ0v) is 15.9. The second kappa shape index (κ2) is 8.09. The second-order valence-electron chi connectivity index (χ2n) is 6.88. The van der Waals surface area contributed by atoms with Crippen LogP contribution in [0.5, 0.6) is 0 Å². The number of para-hydroxylation sites is 1. The highest BCUT2D eigenvalue weighted by Crippen LogP contribution is 2.21. The molecule has 1 aromatic heterocycles. The Morgan fingerprint density at radius 3 is 2.72 bits per heavy atom. The summed E-state index contributed by atoms with van der Waals surface area (Å²) in [5.74, 6) is 0.252. The molecule has 1 aliphatic rings. The van der Waals surface area contributed by atoms with E-state index in [1.54, 1.807) is 28.9 Å². The molecule has 4 rings (SSSR count). The molecule has 0 atom stereocenters. The Bertz CT molecular complexity index is 1040. The average molecular weight is 391 g/mol. The Kier molecular flexibility index (Phi) is 5.19. The monoisotopic (exact) mass is 391 g/mol. The lowest BCUT2D eigenvalue weighted by Gasteiger charge is -2.12. The van der Waals surface area contributed by atoms with Crippen LogP contribution < -0.4 is 16.0 Å². The van der Waals surface area contributed by atoms with Crippen LogP contribution in [0.4, 0.5) is 11.4 Å². The lowest BCUT2D eigenvalue weighted by atomic mass is 10.1. The van der Waals surface area contributed by atoms with Crippen LogP contribution in [0.25, 0.3) is 5.69 Å². The van der Waals surface area contributed by atoms with Gasteiger partial charge < -0.3 is 16.0 Å². The standard InChI is InChI=1S/C20H21N7O2/c1-13-24-25-26-27(13)16-6-4-5-15(11-16)21-12-19(28)23-18-8-3-2-7-17(18)20(29)22-14-9-10-14/h2-8,11,14,21H,9-10,12H2,1H3,(H,22,29)(H,23,28). The minimum atomic E-state index is -0.249. The van der Waals surface area contributed by atoms with Crippen LogP contribution in [-0.4, -0.2) is 44.6 Å². The van der Waals surface area contributed by atoms with Crippen LogP contribution in [0, 0.1) is 6.92 Å². The van der Waals surface area contributed by atoms with Crippen molar-refractivity contribution < 1.29 is 9.59 Å². The third kappa shape index (κ3) is 4.57. The summed E-state index contributed by atoms with van der Waals surface area (Å²) in [6.07, 6.45) is 2.01. The van der Waals surface area contributed by atoms with Gasteiger partial charge in [0.2, 0.25) is 5.91 Å². The van der Waals surface area contributed by atoms with Gasteiger partial charge in [0, 0.05) is 11.7 Å². The summed E-state index contributed by atoms with van der Waals surface area (Å²) in [5.41, 5.74) is 2.51. The molecule has 9 nitrogen and oxygen atoms in total. The number of carbonyl (C=O) groups excluding carboxylic acids is 2. The van der Waals surface area contributed by atoms with Crippen molar-refractivity contribution >= 4 is 23.2 Å². The fourth-order valence-electron chi connectivity index (χ4n) is 2.88. The summed E-state index contributed by atoms with van der Waals surface area (Å²) in [6.45, 7) is 1.86. The molecule has 29 heavy (non-hydrogen) atoms. The Balaban J connectivity index is 1.39. The van der Waals surface area contributed by atoms with Gasteiger partial charge in [0.05, 0.1) is 23.5 Å². The highest BCUT2D eigenvalue weighted by Gasteiger charge is 2.25. The zero-order chi connectivity index (χ0) is 20.2. The lowest BCUT2D eigenvalue weighted by Crippen LogP contribution is -2.28. The largest absolute Gasteiger partial charge is 0.376 e. The minimum absolute atomic E-state index is 0.0522. The van der Waals surface area contributed by atoms with E-state index in [2.05, 4.69) is 31.5 Å². The lowest BCUT2D eigenvalue weighted by molar-refractivity contribution is -0.114. The Morgan fingerprint density at radius 1 is 1.14 bits per heavy atom. The summed E-state index contributed by atoms with van der Waals surface area (Å²) in [6, 6.07) is 14.7. The van der Waals surface area contributed by atoms with E-state index < -0.39 is 0 Å². The Hall–Kier alpha value is -3.75. The van der Waals surface area contributed by atoms with Gasteiger partial charge in [-0.05, 0) is 60.5 Å². The van der Waals surface area contributed by atoms with Crippen molar-refractivity contribution in [1.29, 1.82) is 0 Å². The molecular formula is C20H21N7O2. The van der Waals surface area contributed by atoms with Crippen molar-refractivity contribution in [3.8, 4) is 5.69 Å². The van der Waals surface area contributed by atoms with Gasteiger partial charge in [-0.2, -0.15) is 4.68 Å². The van der Waals surface area contributed by atoms with E-state index >= 15 is 0 Å². The maximum Gasteiger partial charge on any atom is 0.253 e. The molecule has 0 aliphatic heterocycles. The smallest absolute Gasteiger partial charge is 0.253 e. The van der Waals surface area contributed by atoms with Crippen molar-refractivity contribution in [3.05, 3.63) is 59.9 Å². The number of aromatic nitrogens is 4. The molecule has 9 heteroatoms. The fourth-order valence-corrected chi connectivity index (χ4v) is 2.88. The third-order valence-electron chi connectivity index (χ3n) is 4.53. The number of aryl methyl sites for hydroxylation is 1. The van der Waals surface area contributed by atoms with Crippen molar-refractivity contribution in [2.24, 2.45) is 0 Å². The van der Waals surface area contributed by atoms with E-state index in [1.165, 1.54) is 0 Å². The number of anilines is 2. The number of nitrogens with zero attached hydrogens (tertiary/aromatic N) is 4. The summed E-state index contributed by atoms with van der Waals surface area (Å²) in [5, 5.41) is 20.3. The molecule has 0 bridgehead atoms. The third-order valence-corrected chi connectivity index (χ3v) is 4.53. The van der Waals surface area contributed by atoms with Gasteiger partial charge in [0.15, 0.2) is 5.82 Å². The normalized spacial score (nSPS) is 13.0. The van der Waals surface area contributed by atoms with Crippen molar-refractivity contribution in [2.75, 3.05) is 17.2 Å². The van der Waals surface area contributed by atoms with Crippen LogP contribution in [0.2, 0.25) is 0 Å². The quantitative estimate of drug-likeness (QED) is 0.567. The molecule has 2 aromatic carbocycles. The highest BCUT2D eigenvalue weighted by molar-refractivity contribution is 6.04. The summed E-state index contributed by atoms with van der Waals surface area (Å²) >= 11 is 0.